The van der Waals surface area contributed by atoms with Crippen molar-refractivity contribution >= 4 is 41.5 Å². The van der Waals surface area contributed by atoms with E-state index in [1.165, 1.54) is 0 Å². The van der Waals surface area contributed by atoms with Crippen LogP contribution < -0.4 is 10.6 Å². The number of hydrogen-bond acceptors (Lipinski definition) is 4. The Balaban J connectivity index is 0.00000243. The molecule has 1 aromatic carbocycles. The summed E-state index contributed by atoms with van der Waals surface area (Å²) < 4.78 is 5.28. The van der Waals surface area contributed by atoms with Crippen LogP contribution in [-0.2, 0) is 6.54 Å². The van der Waals surface area contributed by atoms with Crippen molar-refractivity contribution in [1.29, 1.82) is 0 Å². The number of benzene rings is 1. The zero-order valence-corrected chi connectivity index (χ0v) is 17.4. The van der Waals surface area contributed by atoms with Gasteiger partial charge in [-0.05, 0) is 36.8 Å². The van der Waals surface area contributed by atoms with E-state index in [2.05, 4.69) is 37.7 Å². The number of H-pyrrole nitrogens is 1. The Hall–Kier alpha value is -2.07. The van der Waals surface area contributed by atoms with Crippen LogP contribution in [0.3, 0.4) is 0 Å². The van der Waals surface area contributed by atoms with Gasteiger partial charge in [0.15, 0.2) is 11.7 Å². The minimum atomic E-state index is 0. The van der Waals surface area contributed by atoms with Crippen molar-refractivity contribution < 1.29 is 4.42 Å². The topological polar surface area (TPSA) is 91.1 Å². The van der Waals surface area contributed by atoms with Gasteiger partial charge in [0, 0.05) is 12.1 Å². The average Bonchev–Trinajstić information content (AvgIpc) is 3.30. The van der Waals surface area contributed by atoms with Crippen LogP contribution in [-0.4, -0.2) is 28.2 Å². The summed E-state index contributed by atoms with van der Waals surface area (Å²) >= 11 is 5.93. The zero-order valence-electron chi connectivity index (χ0n) is 14.4. The summed E-state index contributed by atoms with van der Waals surface area (Å²) in [4.78, 5) is 8.62. The minimum absolute atomic E-state index is 0. The van der Waals surface area contributed by atoms with Crippen molar-refractivity contribution in [3.8, 4) is 11.6 Å². The SMILES string of the molecule is CN=C(NCc1nc(-c2ccco2)n[nH]1)NC(C)c1ccc(Cl)cc1.I. The molecule has 2 heterocycles. The van der Waals surface area contributed by atoms with Crippen molar-refractivity contribution in [3.63, 3.8) is 0 Å². The number of aromatic nitrogens is 3. The number of nitrogens with one attached hydrogen (secondary N) is 3. The first-order valence-electron chi connectivity index (χ1n) is 7.83. The molecule has 0 aliphatic carbocycles. The lowest BCUT2D eigenvalue weighted by molar-refractivity contribution is 0.577. The fraction of sp³-hybridized carbons (Fsp3) is 0.235. The number of guanidine groups is 1. The molecule has 0 aliphatic heterocycles. The van der Waals surface area contributed by atoms with E-state index in [9.17, 15) is 0 Å². The predicted octanol–water partition coefficient (Wildman–Crippen LogP) is 3.76. The number of nitrogens with zero attached hydrogens (tertiary/aromatic N) is 3. The maximum absolute atomic E-state index is 5.93. The molecule has 0 fully saturated rings. The highest BCUT2D eigenvalue weighted by atomic mass is 127. The third-order valence-corrected chi connectivity index (χ3v) is 3.90. The molecule has 3 N–H and O–H groups in total. The van der Waals surface area contributed by atoms with Gasteiger partial charge in [-0.3, -0.25) is 10.1 Å². The standard InChI is InChI=1S/C17H19ClN6O.HI/c1-11(12-5-7-13(18)8-6-12)21-17(19-2)20-10-15-22-16(24-23-15)14-4-3-9-25-14;/h3-9,11H,10H2,1-2H3,(H2,19,20,21)(H,22,23,24);1H. The first-order valence-corrected chi connectivity index (χ1v) is 8.21. The second-order valence-electron chi connectivity index (χ2n) is 5.43. The van der Waals surface area contributed by atoms with Crippen LogP contribution in [0.5, 0.6) is 0 Å². The zero-order chi connectivity index (χ0) is 17.6. The summed E-state index contributed by atoms with van der Waals surface area (Å²) in [7, 11) is 1.72. The summed E-state index contributed by atoms with van der Waals surface area (Å²) in [6.07, 6.45) is 1.59. The van der Waals surface area contributed by atoms with Gasteiger partial charge >= 0.3 is 0 Å². The molecule has 7 nitrogen and oxygen atoms in total. The van der Waals surface area contributed by atoms with E-state index in [0.29, 0.717) is 29.9 Å². The number of halogens is 2. The molecule has 0 amide bonds. The molecule has 0 bridgehead atoms. The van der Waals surface area contributed by atoms with Crippen LogP contribution >= 0.6 is 35.6 Å². The largest absolute Gasteiger partial charge is 0.461 e. The molecule has 1 atom stereocenters. The Morgan fingerprint density at radius 3 is 2.73 bits per heavy atom. The van der Waals surface area contributed by atoms with Gasteiger partial charge in [0.25, 0.3) is 0 Å². The van der Waals surface area contributed by atoms with E-state index in [1.54, 1.807) is 19.4 Å². The van der Waals surface area contributed by atoms with Crippen molar-refractivity contribution in [1.82, 2.24) is 25.8 Å². The fourth-order valence-corrected chi connectivity index (χ4v) is 2.42. The van der Waals surface area contributed by atoms with Crippen molar-refractivity contribution in [2.45, 2.75) is 19.5 Å². The Kier molecular flexibility index (Phi) is 7.46. The summed E-state index contributed by atoms with van der Waals surface area (Å²) in [5.41, 5.74) is 1.12. The quantitative estimate of drug-likeness (QED) is 0.290. The number of rotatable bonds is 5. The summed E-state index contributed by atoms with van der Waals surface area (Å²) in [6, 6.07) is 11.4. The number of aromatic amines is 1. The van der Waals surface area contributed by atoms with Crippen LogP contribution in [0.2, 0.25) is 5.02 Å². The molecule has 0 spiro atoms. The van der Waals surface area contributed by atoms with Crippen molar-refractivity contribution in [2.24, 2.45) is 4.99 Å². The highest BCUT2D eigenvalue weighted by Gasteiger charge is 2.10. The number of hydrogen-bond donors (Lipinski definition) is 3. The second kappa shape index (κ2) is 9.58. The smallest absolute Gasteiger partial charge is 0.216 e. The van der Waals surface area contributed by atoms with Crippen LogP contribution in [0.15, 0.2) is 52.1 Å². The molecular weight excluding hydrogens is 467 g/mol. The van der Waals surface area contributed by atoms with Gasteiger partial charge in [-0.1, -0.05) is 23.7 Å². The Labute approximate surface area is 173 Å². The fourth-order valence-electron chi connectivity index (χ4n) is 2.29. The van der Waals surface area contributed by atoms with Gasteiger partial charge in [0.05, 0.1) is 18.8 Å². The lowest BCUT2D eigenvalue weighted by atomic mass is 10.1. The van der Waals surface area contributed by atoms with Crippen LogP contribution in [0.1, 0.15) is 24.4 Å². The van der Waals surface area contributed by atoms with E-state index < -0.39 is 0 Å². The molecule has 0 aliphatic rings. The Bertz CT molecular complexity index is 831. The maximum Gasteiger partial charge on any atom is 0.216 e. The van der Waals surface area contributed by atoms with Crippen LogP contribution in [0.25, 0.3) is 11.6 Å². The van der Waals surface area contributed by atoms with Gasteiger partial charge < -0.3 is 15.1 Å². The Morgan fingerprint density at radius 1 is 1.31 bits per heavy atom. The van der Waals surface area contributed by atoms with E-state index in [1.807, 2.05) is 30.3 Å². The molecule has 3 aromatic rings. The first kappa shape index (κ1) is 20.2. The Morgan fingerprint density at radius 2 is 2.08 bits per heavy atom. The molecule has 0 saturated carbocycles. The lowest BCUT2D eigenvalue weighted by Crippen LogP contribution is -2.38. The normalized spacial score (nSPS) is 12.3. The van der Waals surface area contributed by atoms with Gasteiger partial charge in [-0.15, -0.1) is 29.1 Å². The second-order valence-corrected chi connectivity index (χ2v) is 5.86. The number of furan rings is 1. The third-order valence-electron chi connectivity index (χ3n) is 3.64. The molecule has 138 valence electrons. The molecule has 9 heteroatoms. The monoisotopic (exact) mass is 486 g/mol. The summed E-state index contributed by atoms with van der Waals surface area (Å²) in [5.74, 6) is 2.51. The molecule has 26 heavy (non-hydrogen) atoms. The van der Waals surface area contributed by atoms with Crippen LogP contribution in [0, 0.1) is 0 Å². The minimum Gasteiger partial charge on any atom is -0.461 e. The molecular formula is C17H20ClIN6O. The van der Waals surface area contributed by atoms with Gasteiger partial charge in [-0.2, -0.15) is 0 Å². The van der Waals surface area contributed by atoms with Crippen LogP contribution in [0.4, 0.5) is 0 Å². The number of aliphatic imine (C=N–C) groups is 1. The molecule has 1 unspecified atom stereocenters. The molecule has 3 rings (SSSR count). The highest BCUT2D eigenvalue weighted by molar-refractivity contribution is 14.0. The van der Waals surface area contributed by atoms with E-state index >= 15 is 0 Å². The van der Waals surface area contributed by atoms with Gasteiger partial charge in [0.2, 0.25) is 5.82 Å². The van der Waals surface area contributed by atoms with Crippen molar-refractivity contribution in [3.05, 3.63) is 59.1 Å². The summed E-state index contributed by atoms with van der Waals surface area (Å²) in [6.45, 7) is 2.51. The van der Waals surface area contributed by atoms with Gasteiger partial charge in [0.1, 0.15) is 5.82 Å². The molecule has 2 aromatic heterocycles. The maximum atomic E-state index is 5.93. The summed E-state index contributed by atoms with van der Waals surface area (Å²) in [5, 5.41) is 14.3. The van der Waals surface area contributed by atoms with E-state index in [4.69, 9.17) is 16.0 Å². The first-order chi connectivity index (χ1) is 12.2. The molecule has 0 radical (unpaired) electrons. The van der Waals surface area contributed by atoms with Crippen molar-refractivity contribution in [2.75, 3.05) is 7.05 Å². The molecule has 0 saturated heterocycles. The van der Waals surface area contributed by atoms with Gasteiger partial charge in [-0.25, -0.2) is 4.98 Å². The average molecular weight is 487 g/mol. The third kappa shape index (κ3) is 5.21. The predicted molar refractivity (Wildman–Crippen MR) is 113 cm³/mol. The van der Waals surface area contributed by atoms with E-state index in [-0.39, 0.29) is 30.0 Å². The van der Waals surface area contributed by atoms with E-state index in [0.717, 1.165) is 10.6 Å². The lowest BCUT2D eigenvalue weighted by Gasteiger charge is -2.18. The highest BCUT2D eigenvalue weighted by Crippen LogP contribution is 2.16.